The monoisotopic (exact) mass is 1830 g/mol. The van der Waals surface area contributed by atoms with Crippen LogP contribution in [-0.2, 0) is 0 Å². The summed E-state index contributed by atoms with van der Waals surface area (Å²) < 4.78 is 28.1. The predicted molar refractivity (Wildman–Crippen MR) is 558 cm³/mol. The molecule has 133 heavy (non-hydrogen) atoms. The van der Waals surface area contributed by atoms with Gasteiger partial charge in [-0.25, -0.2) is 0 Å². The van der Waals surface area contributed by atoms with Gasteiger partial charge in [-0.15, -0.1) is 0 Å². The molecule has 0 saturated heterocycles. The van der Waals surface area contributed by atoms with Gasteiger partial charge in [0.15, 0.2) is 0 Å². The Balaban J connectivity index is 1.10. The second-order valence-corrected chi connectivity index (χ2v) is 36.0. The second-order valence-electron chi connectivity index (χ2n) is 36.0. The van der Waals surface area contributed by atoms with Gasteiger partial charge in [-0.05, 0) is 148 Å². The first kappa shape index (κ1) is 108. The van der Waals surface area contributed by atoms with Crippen LogP contribution in [0, 0.1) is 5.41 Å². The summed E-state index contributed by atoms with van der Waals surface area (Å²) in [5.41, 5.74) is 2.12. The predicted octanol–water partition coefficient (Wildman–Crippen LogP) is 28.2. The third-order valence-corrected chi connectivity index (χ3v) is 23.7. The topological polar surface area (TPSA) is 336 Å². The number of benzene rings is 4. The van der Waals surface area contributed by atoms with E-state index in [0.29, 0.717) is 94.4 Å². The molecule has 0 aliphatic rings. The van der Waals surface area contributed by atoms with Gasteiger partial charge in [0.2, 0.25) is 71.4 Å². The molecule has 0 fully saturated rings. The van der Waals surface area contributed by atoms with Crippen molar-refractivity contribution < 1.29 is 18.9 Å². The van der Waals surface area contributed by atoms with Crippen molar-refractivity contribution in [3.05, 3.63) is 97.1 Å². The number of nitrogens with zero attached hydrogens (tertiary/aromatic N) is 12. The Morgan fingerprint density at radius 1 is 0.165 bits per heavy atom. The minimum atomic E-state index is -1.00. The Morgan fingerprint density at radius 3 is 0.436 bits per heavy atom. The normalized spacial score (nSPS) is 11.3. The molecule has 8 aromatic rings. The molecule has 0 unspecified atom stereocenters. The maximum atomic E-state index is 7.02. The lowest BCUT2D eigenvalue weighted by Gasteiger charge is -2.33. The van der Waals surface area contributed by atoms with E-state index < -0.39 is 5.41 Å². The number of hydrogen-bond acceptors (Lipinski definition) is 28. The quantitative estimate of drug-likeness (QED) is 0.0158. The molecule has 12 N–H and O–H groups in total. The lowest BCUT2D eigenvalue weighted by molar-refractivity contribution is -0.00350. The molecule has 4 heterocycles. The Morgan fingerprint density at radius 2 is 0.293 bits per heavy atom. The van der Waals surface area contributed by atoms with E-state index in [0.717, 1.165) is 178 Å². The Bertz CT molecular complexity index is 3550. The maximum Gasteiger partial charge on any atom is 0.233 e. The molecule has 0 amide bonds. The van der Waals surface area contributed by atoms with Crippen LogP contribution in [-0.4, -0.2) is 139 Å². The number of rotatable bonds is 84. The average molecular weight is 1830 g/mol. The van der Waals surface area contributed by atoms with Crippen molar-refractivity contribution in [2.24, 2.45) is 5.41 Å². The van der Waals surface area contributed by atoms with Crippen molar-refractivity contribution in [1.82, 2.24) is 59.8 Å². The van der Waals surface area contributed by atoms with E-state index in [-0.39, 0.29) is 26.4 Å². The third-order valence-electron chi connectivity index (χ3n) is 23.7. The van der Waals surface area contributed by atoms with Crippen LogP contribution in [0.2, 0.25) is 0 Å². The first-order valence-electron chi connectivity index (χ1n) is 52.5. The van der Waals surface area contributed by atoms with E-state index >= 15 is 0 Å². The highest BCUT2D eigenvalue weighted by atomic mass is 16.5. The summed E-state index contributed by atoms with van der Waals surface area (Å²) in [7, 11) is 0. The molecule has 28 heteroatoms. The largest absolute Gasteiger partial charge is 0.493 e. The van der Waals surface area contributed by atoms with Crippen molar-refractivity contribution in [3.8, 4) is 23.0 Å². The summed E-state index contributed by atoms with van der Waals surface area (Å²) in [5, 5.41) is 42.0. The molecule has 0 aliphatic heterocycles. The van der Waals surface area contributed by atoms with Crippen LogP contribution >= 0.6 is 0 Å². The van der Waals surface area contributed by atoms with Crippen LogP contribution in [0.5, 0.6) is 23.0 Å². The van der Waals surface area contributed by atoms with Crippen molar-refractivity contribution in [2.45, 2.75) is 364 Å². The second kappa shape index (κ2) is 69.5. The molecule has 4 aromatic carbocycles. The highest BCUT2D eigenvalue weighted by Gasteiger charge is 2.36. The summed E-state index contributed by atoms with van der Waals surface area (Å²) in [5.74, 6) is 8.51. The highest BCUT2D eigenvalue weighted by Crippen LogP contribution is 2.32. The molecular formula is C105H172N24O4. The van der Waals surface area contributed by atoms with Gasteiger partial charge in [-0.1, -0.05) is 312 Å². The molecule has 0 spiro atoms. The Hall–Kier alpha value is -10.3. The lowest BCUT2D eigenvalue weighted by atomic mass is 9.92. The SMILES string of the molecule is CCCCCCCCNc1nc(NCCCCCCCC)nc(Nc2ccc(OCC(COc3ccc(Nc4nc(NCCCCCCCC)nc(NCCCCCCCC)n4)cc3)(COc3ccc(Nc4nc(NCCCCCCCC)nc(NCCCCCCCC)n4)cc3)COc3ccc(Nc4nc(NCCCCCCCC)nc(NCCCCCCCC)n4)cc3)cc2)n1. The molecule has 4 aromatic heterocycles. The number of ether oxygens (including phenoxy) is 4. The molecular weight excluding hydrogens is 1660 g/mol. The van der Waals surface area contributed by atoms with E-state index in [2.05, 4.69) is 119 Å². The van der Waals surface area contributed by atoms with Gasteiger partial charge in [-0.2, -0.15) is 59.8 Å². The van der Waals surface area contributed by atoms with Crippen molar-refractivity contribution in [3.63, 3.8) is 0 Å². The fraction of sp³-hybridized carbons (Fsp3) is 0.657. The smallest absolute Gasteiger partial charge is 0.233 e. The van der Waals surface area contributed by atoms with Gasteiger partial charge in [-0.3, -0.25) is 0 Å². The summed E-state index contributed by atoms with van der Waals surface area (Å²) in [6.45, 7) is 24.6. The molecule has 0 radical (unpaired) electrons. The highest BCUT2D eigenvalue weighted by molar-refractivity contribution is 5.61. The molecule has 0 bridgehead atoms. The molecule has 0 aliphatic carbocycles. The summed E-state index contributed by atoms with van der Waals surface area (Å²) in [6.07, 6.45) is 57.3. The molecule has 736 valence electrons. The Labute approximate surface area is 800 Å². The van der Waals surface area contributed by atoms with Crippen LogP contribution in [0.15, 0.2) is 97.1 Å². The number of nitrogens with one attached hydrogen (secondary N) is 12. The zero-order chi connectivity index (χ0) is 93.6. The molecule has 0 atom stereocenters. The van der Waals surface area contributed by atoms with E-state index in [1.165, 1.54) is 205 Å². The molecule has 0 saturated carbocycles. The standard InChI is InChI=1S/C105H172N24O4/c1-9-17-25-33-41-49-73-106-93-118-94(107-74-50-42-34-26-18-10-2)123-101(122-93)114-85-57-65-89(66-58-85)130-81-105(82-131-90-67-59-86(60-68-90)115-102-124-95(108-75-51-43-35-27-19-11-3)119-96(125-102)109-76-52-44-36-28-20-12-4,83-132-91-69-61-87(62-70-91)116-103-126-97(110-77-53-45-37-29-21-13-5)120-98(127-103)111-78-54-46-38-30-22-14-6)84-133-92-71-63-88(64-72-92)117-104-128-99(112-79-55-47-39-31-23-15-7)121-100(129-104)113-80-56-48-40-32-24-16-8/h57-72H,9-56,73-84H2,1-8H3,(H3,106,107,114,118,122,123)(H3,108,109,115,119,124,125)(H3,110,111,116,120,126,127)(H3,112,113,117,121,128,129). The summed E-state index contributed by atoms with van der Waals surface area (Å²) in [6, 6.07) is 31.5. The minimum absolute atomic E-state index is 0.102. The fourth-order valence-corrected chi connectivity index (χ4v) is 15.5. The van der Waals surface area contributed by atoms with Gasteiger partial charge in [0.05, 0.1) is 0 Å². The van der Waals surface area contributed by atoms with Gasteiger partial charge in [0, 0.05) is 75.1 Å². The minimum Gasteiger partial charge on any atom is -0.493 e. The van der Waals surface area contributed by atoms with Crippen LogP contribution in [0.4, 0.5) is 94.1 Å². The molecule has 28 nitrogen and oxygen atoms in total. The van der Waals surface area contributed by atoms with Crippen LogP contribution in [0.1, 0.15) is 364 Å². The van der Waals surface area contributed by atoms with E-state index in [4.69, 9.17) is 78.8 Å². The number of anilines is 16. The van der Waals surface area contributed by atoms with Crippen LogP contribution in [0.3, 0.4) is 0 Å². The van der Waals surface area contributed by atoms with Gasteiger partial charge >= 0.3 is 0 Å². The van der Waals surface area contributed by atoms with Gasteiger partial charge in [0.25, 0.3) is 0 Å². The maximum absolute atomic E-state index is 7.02. The van der Waals surface area contributed by atoms with Gasteiger partial charge in [0.1, 0.15) is 54.8 Å². The van der Waals surface area contributed by atoms with Crippen molar-refractivity contribution in [2.75, 3.05) is 143 Å². The van der Waals surface area contributed by atoms with Crippen molar-refractivity contribution >= 4 is 94.1 Å². The molecule has 8 rings (SSSR count). The summed E-state index contributed by atoms with van der Waals surface area (Å²) >= 11 is 0. The third kappa shape index (κ3) is 48.5. The van der Waals surface area contributed by atoms with E-state index in [1.54, 1.807) is 0 Å². The first-order valence-corrected chi connectivity index (χ1v) is 52.5. The number of unbranched alkanes of at least 4 members (excludes halogenated alkanes) is 40. The zero-order valence-electron chi connectivity index (χ0n) is 83.2. The van der Waals surface area contributed by atoms with Crippen LogP contribution < -0.4 is 82.7 Å². The summed E-state index contributed by atoms with van der Waals surface area (Å²) in [4.78, 5) is 58.4. The van der Waals surface area contributed by atoms with Gasteiger partial charge < -0.3 is 82.7 Å². The lowest BCUT2D eigenvalue weighted by Crippen LogP contribution is -2.45. The average Bonchev–Trinajstić information content (AvgIpc) is 0.828. The number of aromatic nitrogens is 12. The Kier molecular flexibility index (Phi) is 56.5. The number of hydrogen-bond donors (Lipinski definition) is 12. The van der Waals surface area contributed by atoms with Crippen molar-refractivity contribution in [1.29, 1.82) is 0 Å². The zero-order valence-corrected chi connectivity index (χ0v) is 83.2. The van der Waals surface area contributed by atoms with E-state index in [9.17, 15) is 0 Å². The van der Waals surface area contributed by atoms with Crippen LogP contribution in [0.25, 0.3) is 0 Å². The first-order chi connectivity index (χ1) is 65.6. The fourth-order valence-electron chi connectivity index (χ4n) is 15.5. The van der Waals surface area contributed by atoms with E-state index in [1.807, 2.05) is 97.1 Å².